The van der Waals surface area contributed by atoms with Crippen molar-refractivity contribution in [2.75, 3.05) is 12.8 Å². The first-order chi connectivity index (χ1) is 9.60. The monoisotopic (exact) mass is 383 g/mol. The summed E-state index contributed by atoms with van der Waals surface area (Å²) in [5, 5.41) is 0. The fourth-order valence-electron chi connectivity index (χ4n) is 1.67. The van der Waals surface area contributed by atoms with Gasteiger partial charge in [-0.25, -0.2) is 4.79 Å². The van der Waals surface area contributed by atoms with Crippen LogP contribution in [0.15, 0.2) is 42.5 Å². The lowest BCUT2D eigenvalue weighted by Gasteiger charge is -2.10. The summed E-state index contributed by atoms with van der Waals surface area (Å²) in [7, 11) is 1.33. The average Bonchev–Trinajstić information content (AvgIpc) is 2.46. The van der Waals surface area contributed by atoms with Crippen molar-refractivity contribution >= 4 is 34.2 Å². The maximum absolute atomic E-state index is 11.4. The molecular weight excluding hydrogens is 369 g/mol. The lowest BCUT2D eigenvalue weighted by atomic mass is 10.2. The molecular formula is C15H14INO3. The second-order valence-electron chi connectivity index (χ2n) is 4.16. The van der Waals surface area contributed by atoms with Crippen molar-refractivity contribution < 1.29 is 14.3 Å². The van der Waals surface area contributed by atoms with Gasteiger partial charge >= 0.3 is 5.97 Å². The van der Waals surface area contributed by atoms with Crippen molar-refractivity contribution in [3.8, 4) is 5.75 Å². The number of halogens is 1. The van der Waals surface area contributed by atoms with Crippen molar-refractivity contribution in [2.24, 2.45) is 0 Å². The number of nitrogens with two attached hydrogens (primary N) is 1. The molecule has 2 rings (SSSR count). The van der Waals surface area contributed by atoms with Crippen LogP contribution >= 0.6 is 22.6 Å². The first-order valence-electron chi connectivity index (χ1n) is 5.95. The minimum Gasteiger partial charge on any atom is -0.487 e. The minimum atomic E-state index is -0.416. The fourth-order valence-corrected chi connectivity index (χ4v) is 2.03. The molecule has 2 aromatic carbocycles. The summed E-state index contributed by atoms with van der Waals surface area (Å²) < 4.78 is 11.5. The van der Waals surface area contributed by atoms with E-state index in [2.05, 4.69) is 27.3 Å². The maximum Gasteiger partial charge on any atom is 0.337 e. The number of anilines is 1. The molecule has 0 bridgehead atoms. The molecule has 2 N–H and O–H groups in total. The Bertz CT molecular complexity index is 611. The first kappa shape index (κ1) is 14.6. The number of carbonyl (C=O) groups excluding carboxylic acids is 1. The largest absolute Gasteiger partial charge is 0.487 e. The summed E-state index contributed by atoms with van der Waals surface area (Å²) >= 11 is 2.25. The third-order valence-electron chi connectivity index (χ3n) is 2.74. The average molecular weight is 383 g/mol. The van der Waals surface area contributed by atoms with Gasteiger partial charge in [0.25, 0.3) is 0 Å². The van der Waals surface area contributed by atoms with E-state index in [-0.39, 0.29) is 0 Å². The van der Waals surface area contributed by atoms with Gasteiger partial charge < -0.3 is 15.2 Å². The van der Waals surface area contributed by atoms with Crippen molar-refractivity contribution in [3.63, 3.8) is 0 Å². The second-order valence-corrected chi connectivity index (χ2v) is 5.40. The third-order valence-corrected chi connectivity index (χ3v) is 3.46. The van der Waals surface area contributed by atoms with Gasteiger partial charge in [-0.15, -0.1) is 0 Å². The molecule has 0 atom stereocenters. The van der Waals surface area contributed by atoms with Gasteiger partial charge in [0, 0.05) is 3.57 Å². The number of carbonyl (C=O) groups is 1. The normalized spacial score (nSPS) is 10.1. The Morgan fingerprint density at radius 3 is 2.50 bits per heavy atom. The topological polar surface area (TPSA) is 61.5 Å². The van der Waals surface area contributed by atoms with E-state index < -0.39 is 5.97 Å². The number of ether oxygens (including phenoxy) is 2. The van der Waals surface area contributed by atoms with Gasteiger partial charge in [-0.1, -0.05) is 12.1 Å². The number of esters is 1. The highest BCUT2D eigenvalue weighted by atomic mass is 127. The number of benzene rings is 2. The number of nitrogen functional groups attached to an aromatic ring is 1. The molecule has 0 aliphatic carbocycles. The summed E-state index contributed by atoms with van der Waals surface area (Å²) in [6.07, 6.45) is 0. The highest BCUT2D eigenvalue weighted by Gasteiger charge is 2.08. The maximum atomic E-state index is 11.4. The van der Waals surface area contributed by atoms with Crippen LogP contribution in [0.3, 0.4) is 0 Å². The predicted octanol–water partition coefficient (Wildman–Crippen LogP) is 3.24. The molecule has 5 heteroatoms. The molecule has 20 heavy (non-hydrogen) atoms. The molecule has 0 unspecified atom stereocenters. The van der Waals surface area contributed by atoms with E-state index >= 15 is 0 Å². The predicted molar refractivity (Wildman–Crippen MR) is 85.7 cm³/mol. The number of hydrogen-bond acceptors (Lipinski definition) is 4. The van der Waals surface area contributed by atoms with Gasteiger partial charge in [-0.05, 0) is 58.5 Å². The van der Waals surface area contributed by atoms with Gasteiger partial charge in [0.2, 0.25) is 0 Å². The van der Waals surface area contributed by atoms with Crippen molar-refractivity contribution in [1.82, 2.24) is 0 Å². The van der Waals surface area contributed by atoms with E-state index in [1.54, 1.807) is 18.2 Å². The number of rotatable bonds is 4. The Hall–Kier alpha value is -1.76. The van der Waals surface area contributed by atoms with E-state index in [4.69, 9.17) is 10.5 Å². The number of hydrogen-bond donors (Lipinski definition) is 1. The van der Waals surface area contributed by atoms with E-state index in [0.29, 0.717) is 23.6 Å². The molecule has 0 saturated carbocycles. The fraction of sp³-hybridized carbons (Fsp3) is 0.133. The summed E-state index contributed by atoms with van der Waals surface area (Å²) in [5.74, 6) is 0.136. The van der Waals surface area contributed by atoms with Crippen LogP contribution < -0.4 is 10.5 Å². The summed E-state index contributed by atoms with van der Waals surface area (Å²) in [4.78, 5) is 11.4. The van der Waals surface area contributed by atoms with Crippen LogP contribution in [0.25, 0.3) is 0 Å². The molecule has 0 fully saturated rings. The molecule has 0 heterocycles. The van der Waals surface area contributed by atoms with E-state index in [1.807, 2.05) is 24.3 Å². The Labute approximate surface area is 131 Å². The molecule has 0 saturated heterocycles. The molecule has 104 valence electrons. The number of methoxy groups -OCH3 is 1. The zero-order chi connectivity index (χ0) is 14.5. The van der Waals surface area contributed by atoms with Gasteiger partial charge in [0.1, 0.15) is 12.4 Å². The lowest BCUT2D eigenvalue weighted by molar-refractivity contribution is 0.0600. The molecule has 4 nitrogen and oxygen atoms in total. The molecule has 0 spiro atoms. The van der Waals surface area contributed by atoms with E-state index in [9.17, 15) is 4.79 Å². The van der Waals surface area contributed by atoms with Crippen molar-refractivity contribution in [2.45, 2.75) is 6.61 Å². The highest BCUT2D eigenvalue weighted by molar-refractivity contribution is 14.1. The molecule has 0 aliphatic heterocycles. The Morgan fingerprint density at radius 1 is 1.20 bits per heavy atom. The van der Waals surface area contributed by atoms with Gasteiger partial charge in [-0.2, -0.15) is 0 Å². The van der Waals surface area contributed by atoms with Crippen LogP contribution in [0, 0.1) is 3.57 Å². The molecule has 0 amide bonds. The first-order valence-corrected chi connectivity index (χ1v) is 7.03. The van der Waals surface area contributed by atoms with Crippen LogP contribution in [-0.2, 0) is 11.3 Å². The van der Waals surface area contributed by atoms with Crippen LogP contribution in [-0.4, -0.2) is 13.1 Å². The quantitative estimate of drug-likeness (QED) is 0.500. The van der Waals surface area contributed by atoms with Crippen molar-refractivity contribution in [3.05, 3.63) is 57.2 Å². The summed E-state index contributed by atoms with van der Waals surface area (Å²) in [6, 6.07) is 12.9. The standard InChI is InChI=1S/C15H14INO3/c1-19-15(18)11-4-7-14(13(17)8-11)20-9-10-2-5-12(16)6-3-10/h2-8H,9,17H2,1H3. The zero-order valence-corrected chi connectivity index (χ0v) is 13.1. The van der Waals surface area contributed by atoms with Crippen LogP contribution in [0.4, 0.5) is 5.69 Å². The Balaban J connectivity index is 2.06. The molecule has 2 aromatic rings. The van der Waals surface area contributed by atoms with Crippen LogP contribution in [0.5, 0.6) is 5.75 Å². The molecule has 0 aromatic heterocycles. The lowest BCUT2D eigenvalue weighted by Crippen LogP contribution is -2.04. The van der Waals surface area contributed by atoms with E-state index in [1.165, 1.54) is 10.7 Å². The molecule has 0 aliphatic rings. The Morgan fingerprint density at radius 2 is 1.90 bits per heavy atom. The van der Waals surface area contributed by atoms with Crippen LogP contribution in [0.2, 0.25) is 0 Å². The zero-order valence-electron chi connectivity index (χ0n) is 10.9. The SMILES string of the molecule is COC(=O)c1ccc(OCc2ccc(I)cc2)c(N)c1. The summed E-state index contributed by atoms with van der Waals surface area (Å²) in [5.41, 5.74) is 7.75. The summed E-state index contributed by atoms with van der Waals surface area (Å²) in [6.45, 7) is 0.429. The van der Waals surface area contributed by atoms with E-state index in [0.717, 1.165) is 5.56 Å². The second kappa shape index (κ2) is 6.60. The third kappa shape index (κ3) is 3.63. The molecule has 0 radical (unpaired) electrons. The minimum absolute atomic E-state index is 0.409. The van der Waals surface area contributed by atoms with Gasteiger partial charge in [0.05, 0.1) is 18.4 Å². The highest BCUT2D eigenvalue weighted by Crippen LogP contribution is 2.24. The van der Waals surface area contributed by atoms with Gasteiger partial charge in [-0.3, -0.25) is 0 Å². The van der Waals surface area contributed by atoms with Crippen molar-refractivity contribution in [1.29, 1.82) is 0 Å². The Kier molecular flexibility index (Phi) is 4.84. The van der Waals surface area contributed by atoms with Crippen LogP contribution in [0.1, 0.15) is 15.9 Å². The smallest absolute Gasteiger partial charge is 0.337 e. The van der Waals surface area contributed by atoms with Gasteiger partial charge in [0.15, 0.2) is 0 Å².